The summed E-state index contributed by atoms with van der Waals surface area (Å²) >= 11 is 6.31. The molecule has 2 nitrogen and oxygen atoms in total. The van der Waals surface area contributed by atoms with Crippen molar-refractivity contribution in [2.24, 2.45) is 0 Å². The summed E-state index contributed by atoms with van der Waals surface area (Å²) in [6, 6.07) is 1.28. The fourth-order valence-corrected chi connectivity index (χ4v) is 3.89. The van der Waals surface area contributed by atoms with E-state index in [9.17, 15) is 0 Å². The van der Waals surface area contributed by atoms with Gasteiger partial charge in [0.1, 0.15) is 7.38 Å². The van der Waals surface area contributed by atoms with E-state index in [-0.39, 0.29) is 0 Å². The van der Waals surface area contributed by atoms with Crippen molar-refractivity contribution < 1.29 is 9.47 Å². The number of hydrogen-bond acceptors (Lipinski definition) is 2. The summed E-state index contributed by atoms with van der Waals surface area (Å²) in [5, 5.41) is 0. The molecule has 0 fully saturated rings. The van der Waals surface area contributed by atoms with E-state index in [2.05, 4.69) is 13.1 Å². The lowest BCUT2D eigenvalue weighted by atomic mass is 10.1. The Morgan fingerprint density at radius 1 is 0.667 bits per heavy atom. The summed E-state index contributed by atoms with van der Waals surface area (Å²) in [5.74, 6) is 0. The Morgan fingerprint density at radius 3 is 1.67 bits per heavy atom. The second kappa shape index (κ2) is 15.3. The van der Waals surface area contributed by atoms with Crippen molar-refractivity contribution in [2.45, 2.75) is 83.3 Å². The maximum absolute atomic E-state index is 6.31. The molecular weight excluding hydrogens is 300 g/mol. The summed E-state index contributed by atoms with van der Waals surface area (Å²) in [6.45, 7) is 7.06. The van der Waals surface area contributed by atoms with Gasteiger partial charge in [0.25, 0.3) is 0 Å². The molecule has 0 saturated carbocycles. The molecule has 0 unspecified atom stereocenters. The Hall–Kier alpha value is 0.427. The lowest BCUT2D eigenvalue weighted by Gasteiger charge is -2.11. The molecule has 0 aliphatic rings. The van der Waals surface area contributed by atoms with E-state index < -0.39 is 7.38 Å². The highest BCUT2D eigenvalue weighted by molar-refractivity contribution is 7.19. The summed E-state index contributed by atoms with van der Waals surface area (Å²) in [5.41, 5.74) is 0. The van der Waals surface area contributed by atoms with Crippen LogP contribution in [0.25, 0.3) is 0 Å². The second-order valence-corrected chi connectivity index (χ2v) is 13.6. The molecule has 0 amide bonds. The first-order valence-electron chi connectivity index (χ1n) is 8.82. The van der Waals surface area contributed by atoms with Gasteiger partial charge in [0.05, 0.1) is 0 Å². The Morgan fingerprint density at radius 2 is 1.14 bits per heavy atom. The lowest BCUT2D eigenvalue weighted by molar-refractivity contribution is 0.100. The predicted octanol–water partition coefficient (Wildman–Crippen LogP) is 5.99. The maximum Gasteiger partial charge on any atom is 0.150 e. The van der Waals surface area contributed by atoms with Crippen molar-refractivity contribution in [3.05, 3.63) is 0 Å². The van der Waals surface area contributed by atoms with Gasteiger partial charge < -0.3 is 9.47 Å². The van der Waals surface area contributed by atoms with Crippen LogP contribution >= 0.6 is 11.1 Å². The van der Waals surface area contributed by atoms with E-state index >= 15 is 0 Å². The summed E-state index contributed by atoms with van der Waals surface area (Å²) in [4.78, 5) is 0. The first-order valence-corrected chi connectivity index (χ1v) is 13.0. The number of halogens is 1. The number of hydrogen-bond donors (Lipinski definition) is 0. The van der Waals surface area contributed by atoms with E-state index in [1.807, 2.05) is 0 Å². The number of methoxy groups -OCH3 is 1. The molecule has 21 heavy (non-hydrogen) atoms. The van der Waals surface area contributed by atoms with Gasteiger partial charge in [0.15, 0.2) is 0 Å². The summed E-state index contributed by atoms with van der Waals surface area (Å²) in [7, 11) is 0.428. The van der Waals surface area contributed by atoms with Crippen molar-refractivity contribution in [2.75, 3.05) is 26.9 Å². The predicted molar refractivity (Wildman–Crippen MR) is 97.0 cm³/mol. The number of unbranched alkanes of at least 4 members (excludes halogenated alkanes) is 8. The zero-order chi connectivity index (χ0) is 15.8. The molecule has 0 aromatic heterocycles. The van der Waals surface area contributed by atoms with Gasteiger partial charge in [0, 0.05) is 26.9 Å². The SMILES string of the molecule is COCCCOCCCCCCCCCCC[Si](C)(C)Cl. The Bertz CT molecular complexity index is 207. The van der Waals surface area contributed by atoms with Gasteiger partial charge in [0.2, 0.25) is 0 Å². The molecule has 0 aromatic rings. The molecule has 0 aliphatic carbocycles. The highest BCUT2D eigenvalue weighted by atomic mass is 35.6. The van der Waals surface area contributed by atoms with Crippen LogP contribution in [0.4, 0.5) is 0 Å². The molecule has 0 rings (SSSR count). The third-order valence-electron chi connectivity index (χ3n) is 3.70. The largest absolute Gasteiger partial charge is 0.385 e. The average Bonchev–Trinajstić information content (AvgIpc) is 2.42. The third-order valence-corrected chi connectivity index (χ3v) is 5.81. The molecule has 4 heteroatoms. The quantitative estimate of drug-likeness (QED) is 0.196. The molecule has 0 N–H and O–H groups in total. The van der Waals surface area contributed by atoms with Crippen LogP contribution in [-0.4, -0.2) is 34.3 Å². The standard InChI is InChI=1S/C17H37ClO2Si/c1-19-14-13-16-20-15-11-9-7-5-4-6-8-10-12-17-21(2,3)18/h4-17H2,1-3H3. The van der Waals surface area contributed by atoms with Gasteiger partial charge in [-0.15, -0.1) is 0 Å². The van der Waals surface area contributed by atoms with E-state index in [1.165, 1.54) is 63.8 Å². The molecule has 0 heterocycles. The van der Waals surface area contributed by atoms with Crippen molar-refractivity contribution in [3.8, 4) is 0 Å². The van der Waals surface area contributed by atoms with E-state index in [0.717, 1.165) is 26.2 Å². The van der Waals surface area contributed by atoms with Gasteiger partial charge in [-0.3, -0.25) is 0 Å². The van der Waals surface area contributed by atoms with Crippen LogP contribution in [0.3, 0.4) is 0 Å². The second-order valence-electron chi connectivity index (χ2n) is 6.61. The summed E-state index contributed by atoms with van der Waals surface area (Å²) < 4.78 is 10.5. The van der Waals surface area contributed by atoms with Crippen LogP contribution in [0.5, 0.6) is 0 Å². The minimum Gasteiger partial charge on any atom is -0.385 e. The van der Waals surface area contributed by atoms with Gasteiger partial charge in [-0.25, -0.2) is 0 Å². The first-order chi connectivity index (χ1) is 10.1. The molecule has 0 radical (unpaired) electrons. The van der Waals surface area contributed by atoms with Crippen molar-refractivity contribution >= 4 is 18.5 Å². The van der Waals surface area contributed by atoms with Crippen LogP contribution < -0.4 is 0 Å². The van der Waals surface area contributed by atoms with Gasteiger partial charge in [-0.2, -0.15) is 11.1 Å². The smallest absolute Gasteiger partial charge is 0.150 e. The Labute approximate surface area is 138 Å². The molecule has 0 saturated heterocycles. The molecular formula is C17H37ClO2Si. The van der Waals surface area contributed by atoms with E-state index in [0.29, 0.717) is 0 Å². The topological polar surface area (TPSA) is 18.5 Å². The highest BCUT2D eigenvalue weighted by Crippen LogP contribution is 2.19. The Kier molecular flexibility index (Phi) is 15.6. The Balaban J connectivity index is 3.00. The fourth-order valence-electron chi connectivity index (χ4n) is 2.39. The van der Waals surface area contributed by atoms with E-state index in [1.54, 1.807) is 7.11 Å². The number of ether oxygens (including phenoxy) is 2. The maximum atomic E-state index is 6.31. The fraction of sp³-hybridized carbons (Fsp3) is 1.00. The molecule has 0 atom stereocenters. The summed E-state index contributed by atoms with van der Waals surface area (Å²) in [6.07, 6.45) is 13.2. The van der Waals surface area contributed by atoms with Crippen molar-refractivity contribution in [3.63, 3.8) is 0 Å². The lowest BCUT2D eigenvalue weighted by Crippen LogP contribution is -2.14. The monoisotopic (exact) mass is 336 g/mol. The van der Waals surface area contributed by atoms with Gasteiger partial charge in [-0.05, 0) is 18.9 Å². The molecule has 0 bridgehead atoms. The average molecular weight is 337 g/mol. The van der Waals surface area contributed by atoms with E-state index in [4.69, 9.17) is 20.6 Å². The van der Waals surface area contributed by atoms with Gasteiger partial charge >= 0.3 is 0 Å². The molecule has 0 aliphatic heterocycles. The third kappa shape index (κ3) is 20.4. The van der Waals surface area contributed by atoms with Crippen LogP contribution in [0, 0.1) is 0 Å². The van der Waals surface area contributed by atoms with Crippen LogP contribution in [0.1, 0.15) is 64.2 Å². The van der Waals surface area contributed by atoms with Crippen molar-refractivity contribution in [1.82, 2.24) is 0 Å². The first kappa shape index (κ1) is 21.4. The van der Waals surface area contributed by atoms with Crippen LogP contribution in [-0.2, 0) is 9.47 Å². The molecule has 0 aromatic carbocycles. The van der Waals surface area contributed by atoms with Crippen LogP contribution in [0.2, 0.25) is 19.1 Å². The minimum absolute atomic E-state index is 0.810. The zero-order valence-electron chi connectivity index (χ0n) is 14.6. The minimum atomic E-state index is -1.31. The molecule has 0 spiro atoms. The van der Waals surface area contributed by atoms with Crippen LogP contribution in [0.15, 0.2) is 0 Å². The van der Waals surface area contributed by atoms with Gasteiger partial charge in [-0.1, -0.05) is 64.5 Å². The number of rotatable bonds is 16. The zero-order valence-corrected chi connectivity index (χ0v) is 16.3. The van der Waals surface area contributed by atoms with Crippen molar-refractivity contribution in [1.29, 1.82) is 0 Å². The normalized spacial score (nSPS) is 12.0. The molecule has 128 valence electrons. The highest BCUT2D eigenvalue weighted by Gasteiger charge is 2.15.